The SMILES string of the molecule is COc1ccc(C(C)NC(=O)c2cccc(OC(F)F)c2)cc1Br. The lowest BCUT2D eigenvalue weighted by Crippen LogP contribution is -2.26. The van der Waals surface area contributed by atoms with E-state index in [-0.39, 0.29) is 23.3 Å². The number of hydrogen-bond acceptors (Lipinski definition) is 3. The summed E-state index contributed by atoms with van der Waals surface area (Å²) in [6.45, 7) is -1.11. The lowest BCUT2D eigenvalue weighted by Gasteiger charge is -2.16. The van der Waals surface area contributed by atoms with E-state index in [0.29, 0.717) is 5.75 Å². The number of rotatable bonds is 6. The van der Waals surface area contributed by atoms with Crippen LogP contribution in [-0.2, 0) is 0 Å². The molecule has 0 heterocycles. The minimum atomic E-state index is -2.93. The highest BCUT2D eigenvalue weighted by atomic mass is 79.9. The Kier molecular flexibility index (Phi) is 6.14. The first kappa shape index (κ1) is 18.2. The average molecular weight is 400 g/mol. The van der Waals surface area contributed by atoms with Gasteiger partial charge in [0.1, 0.15) is 11.5 Å². The Morgan fingerprint density at radius 1 is 1.21 bits per heavy atom. The van der Waals surface area contributed by atoms with Gasteiger partial charge in [0.05, 0.1) is 17.6 Å². The van der Waals surface area contributed by atoms with E-state index in [1.165, 1.54) is 24.3 Å². The highest BCUT2D eigenvalue weighted by molar-refractivity contribution is 9.10. The minimum Gasteiger partial charge on any atom is -0.496 e. The third-order valence-electron chi connectivity index (χ3n) is 3.34. The lowest BCUT2D eigenvalue weighted by molar-refractivity contribution is -0.0498. The molecule has 0 aliphatic carbocycles. The molecule has 1 unspecified atom stereocenters. The molecule has 0 aliphatic rings. The zero-order valence-corrected chi connectivity index (χ0v) is 14.6. The van der Waals surface area contributed by atoms with Crippen LogP contribution in [0.15, 0.2) is 46.9 Å². The van der Waals surface area contributed by atoms with Gasteiger partial charge in [-0.25, -0.2) is 0 Å². The van der Waals surface area contributed by atoms with Crippen molar-refractivity contribution in [2.24, 2.45) is 0 Å². The van der Waals surface area contributed by atoms with E-state index >= 15 is 0 Å². The molecule has 0 radical (unpaired) electrons. The predicted molar refractivity (Wildman–Crippen MR) is 89.6 cm³/mol. The Hall–Kier alpha value is -2.15. The molecule has 24 heavy (non-hydrogen) atoms. The maximum Gasteiger partial charge on any atom is 0.387 e. The topological polar surface area (TPSA) is 47.6 Å². The molecule has 2 rings (SSSR count). The summed E-state index contributed by atoms with van der Waals surface area (Å²) in [6, 6.07) is 10.9. The molecule has 0 aromatic heterocycles. The second-order valence-corrected chi connectivity index (χ2v) is 5.85. The number of amides is 1. The fourth-order valence-electron chi connectivity index (χ4n) is 2.13. The third kappa shape index (κ3) is 4.67. The van der Waals surface area contributed by atoms with Crippen molar-refractivity contribution in [3.05, 3.63) is 58.1 Å². The summed E-state index contributed by atoms with van der Waals surface area (Å²) in [7, 11) is 1.57. The van der Waals surface area contributed by atoms with Crippen LogP contribution in [0.1, 0.15) is 28.9 Å². The van der Waals surface area contributed by atoms with E-state index in [1.54, 1.807) is 13.2 Å². The van der Waals surface area contributed by atoms with Gasteiger partial charge in [-0.15, -0.1) is 0 Å². The number of halogens is 3. The van der Waals surface area contributed by atoms with Gasteiger partial charge in [-0.05, 0) is 58.7 Å². The monoisotopic (exact) mass is 399 g/mol. The van der Waals surface area contributed by atoms with Gasteiger partial charge in [-0.3, -0.25) is 4.79 Å². The molecule has 0 saturated heterocycles. The van der Waals surface area contributed by atoms with E-state index in [4.69, 9.17) is 4.74 Å². The molecule has 0 bridgehead atoms. The highest BCUT2D eigenvalue weighted by Gasteiger charge is 2.14. The van der Waals surface area contributed by atoms with Crippen molar-refractivity contribution < 1.29 is 23.0 Å². The first-order valence-corrected chi connectivity index (χ1v) is 7.89. The van der Waals surface area contributed by atoms with Crippen LogP contribution in [0.2, 0.25) is 0 Å². The molecule has 7 heteroatoms. The lowest BCUT2D eigenvalue weighted by atomic mass is 10.1. The van der Waals surface area contributed by atoms with Gasteiger partial charge in [0.25, 0.3) is 5.91 Å². The summed E-state index contributed by atoms with van der Waals surface area (Å²) in [5.74, 6) is 0.251. The molecule has 0 spiro atoms. The van der Waals surface area contributed by atoms with Gasteiger partial charge < -0.3 is 14.8 Å². The van der Waals surface area contributed by atoms with Crippen molar-refractivity contribution in [2.45, 2.75) is 19.6 Å². The first-order chi connectivity index (χ1) is 11.4. The highest BCUT2D eigenvalue weighted by Crippen LogP contribution is 2.28. The third-order valence-corrected chi connectivity index (χ3v) is 3.96. The molecule has 0 fully saturated rings. The van der Waals surface area contributed by atoms with E-state index in [2.05, 4.69) is 26.0 Å². The molecule has 2 aromatic carbocycles. The maximum absolute atomic E-state index is 12.3. The van der Waals surface area contributed by atoms with E-state index in [1.807, 2.05) is 19.1 Å². The molecule has 128 valence electrons. The van der Waals surface area contributed by atoms with E-state index in [9.17, 15) is 13.6 Å². The number of carbonyl (C=O) groups excluding carboxylic acids is 1. The molecule has 1 atom stereocenters. The largest absolute Gasteiger partial charge is 0.496 e. The number of ether oxygens (including phenoxy) is 2. The van der Waals surface area contributed by atoms with E-state index in [0.717, 1.165) is 10.0 Å². The van der Waals surface area contributed by atoms with Gasteiger partial charge in [-0.1, -0.05) is 12.1 Å². The summed E-state index contributed by atoms with van der Waals surface area (Å²) in [4.78, 5) is 12.3. The summed E-state index contributed by atoms with van der Waals surface area (Å²) < 4.78 is 34.7. The molecule has 0 saturated carbocycles. The van der Waals surface area contributed by atoms with Gasteiger partial charge in [0.15, 0.2) is 0 Å². The first-order valence-electron chi connectivity index (χ1n) is 7.10. The van der Waals surface area contributed by atoms with Crippen molar-refractivity contribution in [2.75, 3.05) is 7.11 Å². The Balaban J connectivity index is 2.10. The standard InChI is InChI=1S/C17H16BrF2NO3/c1-10(11-6-7-15(23-2)14(18)9-11)21-16(22)12-4-3-5-13(8-12)24-17(19)20/h3-10,17H,1-2H3,(H,21,22). The number of methoxy groups -OCH3 is 1. The van der Waals surface area contributed by atoms with Crippen LogP contribution in [-0.4, -0.2) is 19.6 Å². The molecule has 2 aromatic rings. The second kappa shape index (κ2) is 8.10. The zero-order chi connectivity index (χ0) is 17.7. The van der Waals surface area contributed by atoms with Crippen LogP contribution in [0.3, 0.4) is 0 Å². The van der Waals surface area contributed by atoms with Gasteiger partial charge >= 0.3 is 6.61 Å². The average Bonchev–Trinajstić information content (AvgIpc) is 2.54. The van der Waals surface area contributed by atoms with Crippen LogP contribution in [0, 0.1) is 0 Å². The fourth-order valence-corrected chi connectivity index (χ4v) is 2.69. The quantitative estimate of drug-likeness (QED) is 0.774. The number of hydrogen-bond donors (Lipinski definition) is 1. The Labute approximate surface area is 146 Å². The van der Waals surface area contributed by atoms with Crippen molar-refractivity contribution in [3.63, 3.8) is 0 Å². The molecule has 1 N–H and O–H groups in total. The predicted octanol–water partition coefficient (Wildman–Crippen LogP) is 4.55. The summed E-state index contributed by atoms with van der Waals surface area (Å²) in [5, 5.41) is 2.81. The van der Waals surface area contributed by atoms with Crippen LogP contribution in [0.25, 0.3) is 0 Å². The molecular formula is C17H16BrF2NO3. The number of benzene rings is 2. The normalized spacial score (nSPS) is 11.9. The van der Waals surface area contributed by atoms with Crippen molar-refractivity contribution in [1.29, 1.82) is 0 Å². The number of nitrogens with one attached hydrogen (secondary N) is 1. The second-order valence-electron chi connectivity index (χ2n) is 5.00. The molecule has 1 amide bonds. The molecule has 0 aliphatic heterocycles. The van der Waals surface area contributed by atoms with Gasteiger partial charge in [0.2, 0.25) is 0 Å². The summed E-state index contributed by atoms with van der Waals surface area (Å²) in [5.41, 5.74) is 1.11. The Bertz CT molecular complexity index is 725. The fraction of sp³-hybridized carbons (Fsp3) is 0.235. The van der Waals surface area contributed by atoms with Crippen molar-refractivity contribution in [3.8, 4) is 11.5 Å². The Morgan fingerprint density at radius 3 is 2.58 bits per heavy atom. The maximum atomic E-state index is 12.3. The minimum absolute atomic E-state index is 0.0579. The van der Waals surface area contributed by atoms with Crippen LogP contribution < -0.4 is 14.8 Å². The van der Waals surface area contributed by atoms with Gasteiger partial charge in [-0.2, -0.15) is 8.78 Å². The number of alkyl halides is 2. The summed E-state index contributed by atoms with van der Waals surface area (Å²) >= 11 is 3.39. The van der Waals surface area contributed by atoms with Crippen LogP contribution in [0.4, 0.5) is 8.78 Å². The Morgan fingerprint density at radius 2 is 1.96 bits per heavy atom. The van der Waals surface area contributed by atoms with Crippen LogP contribution in [0.5, 0.6) is 11.5 Å². The van der Waals surface area contributed by atoms with E-state index < -0.39 is 6.61 Å². The number of carbonyl (C=O) groups is 1. The van der Waals surface area contributed by atoms with Crippen molar-refractivity contribution >= 4 is 21.8 Å². The smallest absolute Gasteiger partial charge is 0.387 e. The summed E-state index contributed by atoms with van der Waals surface area (Å²) in [6.07, 6.45) is 0. The zero-order valence-electron chi connectivity index (χ0n) is 13.1. The molecule has 4 nitrogen and oxygen atoms in total. The van der Waals surface area contributed by atoms with Gasteiger partial charge in [0, 0.05) is 5.56 Å². The van der Waals surface area contributed by atoms with Crippen molar-refractivity contribution in [1.82, 2.24) is 5.32 Å². The van der Waals surface area contributed by atoms with Crippen LogP contribution >= 0.6 is 15.9 Å². The molecular weight excluding hydrogens is 384 g/mol.